The Labute approximate surface area is 124 Å². The zero-order valence-corrected chi connectivity index (χ0v) is 13.0. The van der Waals surface area contributed by atoms with Crippen LogP contribution in [0.1, 0.15) is 12.5 Å². The Hall–Kier alpha value is -1.46. The van der Waals surface area contributed by atoms with Crippen LogP contribution in [0.4, 0.5) is 4.39 Å². The lowest BCUT2D eigenvalue weighted by atomic mass is 10.2. The smallest absolute Gasteiger partial charge is 0.241 e. The standard InChI is InChI=1S/C14H19FN2O3S/c1-11(17(2)3)10-16-21(19,20)14-7-6-13(15)9-12(14)5-4-8-18/h6-7,9,11,16,18H,8,10H2,1-3H3. The molecule has 0 heterocycles. The van der Waals surface area contributed by atoms with Crippen molar-refractivity contribution in [3.63, 3.8) is 0 Å². The molecule has 1 atom stereocenters. The van der Waals surface area contributed by atoms with E-state index in [4.69, 9.17) is 5.11 Å². The Balaban J connectivity index is 3.08. The maximum atomic E-state index is 13.2. The second-order valence-electron chi connectivity index (χ2n) is 4.76. The molecule has 21 heavy (non-hydrogen) atoms. The highest BCUT2D eigenvalue weighted by Gasteiger charge is 2.19. The van der Waals surface area contributed by atoms with Gasteiger partial charge in [0.2, 0.25) is 10.0 Å². The number of nitrogens with zero attached hydrogens (tertiary/aromatic N) is 1. The quantitative estimate of drug-likeness (QED) is 0.772. The van der Waals surface area contributed by atoms with Gasteiger partial charge in [-0.25, -0.2) is 17.5 Å². The normalized spacial score (nSPS) is 12.9. The topological polar surface area (TPSA) is 69.6 Å². The second kappa shape index (κ2) is 7.52. The van der Waals surface area contributed by atoms with Crippen LogP contribution < -0.4 is 4.72 Å². The molecule has 116 valence electrons. The number of hydrogen-bond acceptors (Lipinski definition) is 4. The Morgan fingerprint density at radius 1 is 1.43 bits per heavy atom. The molecular weight excluding hydrogens is 295 g/mol. The molecule has 1 unspecified atom stereocenters. The number of benzene rings is 1. The molecular formula is C14H19FN2O3S. The van der Waals surface area contributed by atoms with Gasteiger partial charge in [-0.3, -0.25) is 0 Å². The van der Waals surface area contributed by atoms with Gasteiger partial charge in [-0.1, -0.05) is 11.8 Å². The van der Waals surface area contributed by atoms with Crippen LogP contribution in [0.25, 0.3) is 0 Å². The molecule has 0 bridgehead atoms. The summed E-state index contributed by atoms with van der Waals surface area (Å²) in [7, 11) is -0.110. The Morgan fingerprint density at radius 3 is 2.67 bits per heavy atom. The van der Waals surface area contributed by atoms with Crippen LogP contribution in [-0.4, -0.2) is 51.7 Å². The number of sulfonamides is 1. The zero-order valence-electron chi connectivity index (χ0n) is 12.2. The lowest BCUT2D eigenvalue weighted by Crippen LogP contribution is -2.38. The van der Waals surface area contributed by atoms with Crippen molar-refractivity contribution in [1.29, 1.82) is 0 Å². The van der Waals surface area contributed by atoms with Gasteiger partial charge in [-0.05, 0) is 39.2 Å². The summed E-state index contributed by atoms with van der Waals surface area (Å²) in [4.78, 5) is 1.77. The van der Waals surface area contributed by atoms with E-state index in [1.165, 1.54) is 6.07 Å². The van der Waals surface area contributed by atoms with E-state index >= 15 is 0 Å². The van der Waals surface area contributed by atoms with Crippen molar-refractivity contribution in [2.24, 2.45) is 0 Å². The molecule has 7 heteroatoms. The third-order valence-corrected chi connectivity index (χ3v) is 4.47. The summed E-state index contributed by atoms with van der Waals surface area (Å²) in [5.74, 6) is 4.19. The van der Waals surface area contributed by atoms with Crippen molar-refractivity contribution in [2.45, 2.75) is 17.9 Å². The molecule has 1 aromatic rings. The van der Waals surface area contributed by atoms with Gasteiger partial charge in [0.05, 0.1) is 4.90 Å². The van der Waals surface area contributed by atoms with Crippen molar-refractivity contribution < 1.29 is 17.9 Å². The highest BCUT2D eigenvalue weighted by atomic mass is 32.2. The molecule has 0 saturated heterocycles. The first-order valence-corrected chi connectivity index (χ1v) is 7.81. The number of hydrogen-bond donors (Lipinski definition) is 2. The molecule has 1 aromatic carbocycles. The minimum Gasteiger partial charge on any atom is -0.384 e. The molecule has 0 saturated carbocycles. The van der Waals surface area contributed by atoms with Crippen LogP contribution >= 0.6 is 0 Å². The van der Waals surface area contributed by atoms with Gasteiger partial charge in [-0.15, -0.1) is 0 Å². The van der Waals surface area contributed by atoms with Crippen LogP contribution in [0.2, 0.25) is 0 Å². The van der Waals surface area contributed by atoms with E-state index < -0.39 is 22.4 Å². The number of aliphatic hydroxyl groups is 1. The highest BCUT2D eigenvalue weighted by Crippen LogP contribution is 2.16. The maximum Gasteiger partial charge on any atom is 0.241 e. The summed E-state index contributed by atoms with van der Waals surface area (Å²) in [6.07, 6.45) is 0. The summed E-state index contributed by atoms with van der Waals surface area (Å²) in [6.45, 7) is 1.67. The van der Waals surface area contributed by atoms with Crippen LogP contribution in [0.15, 0.2) is 23.1 Å². The van der Waals surface area contributed by atoms with E-state index in [9.17, 15) is 12.8 Å². The lowest BCUT2D eigenvalue weighted by molar-refractivity contribution is 0.314. The van der Waals surface area contributed by atoms with E-state index in [1.54, 1.807) is 0 Å². The molecule has 0 spiro atoms. The average molecular weight is 314 g/mol. The Bertz CT molecular complexity index is 648. The van der Waals surface area contributed by atoms with Crippen molar-refractivity contribution in [3.05, 3.63) is 29.6 Å². The lowest BCUT2D eigenvalue weighted by Gasteiger charge is -2.20. The molecule has 0 fully saturated rings. The van der Waals surface area contributed by atoms with Crippen LogP contribution in [0.5, 0.6) is 0 Å². The molecule has 0 aliphatic carbocycles. The monoisotopic (exact) mass is 314 g/mol. The molecule has 0 aromatic heterocycles. The Kier molecular flexibility index (Phi) is 6.30. The van der Waals surface area contributed by atoms with Gasteiger partial charge < -0.3 is 10.0 Å². The van der Waals surface area contributed by atoms with E-state index in [0.717, 1.165) is 12.1 Å². The third-order valence-electron chi connectivity index (χ3n) is 2.98. The Morgan fingerprint density at radius 2 is 2.10 bits per heavy atom. The van der Waals surface area contributed by atoms with E-state index in [-0.39, 0.29) is 23.0 Å². The molecule has 0 aliphatic heterocycles. The van der Waals surface area contributed by atoms with Crippen molar-refractivity contribution in [2.75, 3.05) is 27.2 Å². The van der Waals surface area contributed by atoms with Crippen LogP contribution in [-0.2, 0) is 10.0 Å². The van der Waals surface area contributed by atoms with Crippen molar-refractivity contribution in [3.8, 4) is 11.8 Å². The second-order valence-corrected chi connectivity index (χ2v) is 6.50. The van der Waals surface area contributed by atoms with Crippen LogP contribution in [0.3, 0.4) is 0 Å². The first-order chi connectivity index (χ1) is 9.77. The fourth-order valence-electron chi connectivity index (χ4n) is 1.46. The summed E-state index contributed by atoms with van der Waals surface area (Å²) in [5.41, 5.74) is 0.0223. The largest absolute Gasteiger partial charge is 0.384 e. The zero-order chi connectivity index (χ0) is 16.0. The van der Waals surface area contributed by atoms with Gasteiger partial charge in [-0.2, -0.15) is 0 Å². The third kappa shape index (κ3) is 5.10. The maximum absolute atomic E-state index is 13.2. The number of likely N-dealkylation sites (N-methyl/N-ethyl adjacent to an activating group) is 1. The first kappa shape index (κ1) is 17.6. The summed E-state index contributed by atoms with van der Waals surface area (Å²) < 4.78 is 40.2. The van der Waals surface area contributed by atoms with Crippen molar-refractivity contribution >= 4 is 10.0 Å². The highest BCUT2D eigenvalue weighted by molar-refractivity contribution is 7.89. The van der Waals surface area contributed by atoms with E-state index in [1.807, 2.05) is 25.9 Å². The van der Waals surface area contributed by atoms with Gasteiger partial charge in [0.15, 0.2) is 0 Å². The molecule has 1 rings (SSSR count). The fraction of sp³-hybridized carbons (Fsp3) is 0.429. The van der Waals surface area contributed by atoms with Gasteiger partial charge >= 0.3 is 0 Å². The minimum absolute atomic E-state index is 0.00667. The van der Waals surface area contributed by atoms with Crippen molar-refractivity contribution in [1.82, 2.24) is 9.62 Å². The fourth-order valence-corrected chi connectivity index (χ4v) is 2.72. The van der Waals surface area contributed by atoms with E-state index in [0.29, 0.717) is 0 Å². The van der Waals surface area contributed by atoms with Gasteiger partial charge in [0, 0.05) is 18.2 Å². The number of halogens is 1. The predicted octanol–water partition coefficient (Wildman–Crippen LogP) is 0.398. The van der Waals surface area contributed by atoms with Crippen LogP contribution in [0, 0.1) is 17.7 Å². The molecule has 5 nitrogen and oxygen atoms in total. The molecule has 0 amide bonds. The average Bonchev–Trinajstić information content (AvgIpc) is 2.42. The molecule has 0 radical (unpaired) electrons. The first-order valence-electron chi connectivity index (χ1n) is 6.33. The summed E-state index contributed by atoms with van der Waals surface area (Å²) in [5, 5.41) is 8.69. The number of aliphatic hydroxyl groups excluding tert-OH is 1. The molecule has 0 aliphatic rings. The van der Waals surface area contributed by atoms with Gasteiger partial charge in [0.1, 0.15) is 12.4 Å². The number of nitrogens with one attached hydrogen (secondary N) is 1. The SMILES string of the molecule is CC(CNS(=O)(=O)c1ccc(F)cc1C#CCO)N(C)C. The minimum atomic E-state index is -3.79. The summed E-state index contributed by atoms with van der Waals surface area (Å²) in [6, 6.07) is 3.27. The predicted molar refractivity (Wildman–Crippen MR) is 78.7 cm³/mol. The molecule has 2 N–H and O–H groups in total. The summed E-state index contributed by atoms with van der Waals surface area (Å²) >= 11 is 0. The van der Waals surface area contributed by atoms with Gasteiger partial charge in [0.25, 0.3) is 0 Å². The number of rotatable bonds is 5. The van der Waals surface area contributed by atoms with E-state index in [2.05, 4.69) is 16.6 Å².